The van der Waals surface area contributed by atoms with Crippen LogP contribution in [0.1, 0.15) is 30.5 Å². The summed E-state index contributed by atoms with van der Waals surface area (Å²) < 4.78 is 2.14. The van der Waals surface area contributed by atoms with Crippen molar-refractivity contribution >= 4 is 5.65 Å². The van der Waals surface area contributed by atoms with E-state index in [9.17, 15) is 0 Å². The lowest BCUT2D eigenvalue weighted by Crippen LogP contribution is -2.38. The maximum absolute atomic E-state index is 6.31. The quantitative estimate of drug-likeness (QED) is 0.919. The Kier molecular flexibility index (Phi) is 3.23. The molecule has 21 heavy (non-hydrogen) atoms. The van der Waals surface area contributed by atoms with Crippen molar-refractivity contribution in [2.45, 2.75) is 38.8 Å². The van der Waals surface area contributed by atoms with Gasteiger partial charge in [0.1, 0.15) is 5.65 Å². The third-order valence-corrected chi connectivity index (χ3v) is 5.34. The van der Waals surface area contributed by atoms with E-state index in [0.717, 1.165) is 24.7 Å². The van der Waals surface area contributed by atoms with Crippen LogP contribution in [-0.4, -0.2) is 33.4 Å². The SMILES string of the molecule is Cc1cccn2cc(CN3CC4CCCC(N)C4C3)nc12. The summed E-state index contributed by atoms with van der Waals surface area (Å²) in [5.74, 6) is 1.52. The third kappa shape index (κ3) is 2.36. The van der Waals surface area contributed by atoms with Gasteiger partial charge in [-0.1, -0.05) is 12.5 Å². The molecule has 112 valence electrons. The summed E-state index contributed by atoms with van der Waals surface area (Å²) in [7, 11) is 0. The lowest BCUT2D eigenvalue weighted by atomic mass is 9.78. The highest BCUT2D eigenvalue weighted by Gasteiger charge is 2.38. The van der Waals surface area contributed by atoms with Gasteiger partial charge in [-0.05, 0) is 43.2 Å². The summed E-state index contributed by atoms with van der Waals surface area (Å²) >= 11 is 0. The number of pyridine rings is 1. The van der Waals surface area contributed by atoms with Crippen molar-refractivity contribution in [1.29, 1.82) is 0 Å². The van der Waals surface area contributed by atoms with Gasteiger partial charge in [-0.15, -0.1) is 0 Å². The number of nitrogens with two attached hydrogens (primary N) is 1. The molecule has 3 atom stereocenters. The summed E-state index contributed by atoms with van der Waals surface area (Å²) in [6.07, 6.45) is 8.13. The molecule has 0 bridgehead atoms. The van der Waals surface area contributed by atoms with Gasteiger partial charge >= 0.3 is 0 Å². The zero-order valence-electron chi connectivity index (χ0n) is 12.7. The van der Waals surface area contributed by atoms with Crippen LogP contribution < -0.4 is 5.73 Å². The number of rotatable bonds is 2. The second kappa shape index (κ2) is 5.11. The molecule has 2 N–H and O–H groups in total. The molecule has 0 aromatic carbocycles. The van der Waals surface area contributed by atoms with Gasteiger partial charge < -0.3 is 10.1 Å². The Morgan fingerprint density at radius 2 is 2.24 bits per heavy atom. The fourth-order valence-corrected chi connectivity index (χ4v) is 4.25. The van der Waals surface area contributed by atoms with Gasteiger partial charge in [-0.3, -0.25) is 4.90 Å². The Hall–Kier alpha value is -1.39. The first kappa shape index (κ1) is 13.3. The van der Waals surface area contributed by atoms with Crippen LogP contribution in [0.2, 0.25) is 0 Å². The third-order valence-electron chi connectivity index (χ3n) is 5.34. The van der Waals surface area contributed by atoms with E-state index in [1.807, 2.05) is 0 Å². The molecule has 2 aliphatic rings. The van der Waals surface area contributed by atoms with Crippen LogP contribution in [0.4, 0.5) is 0 Å². The molecule has 2 aromatic rings. The van der Waals surface area contributed by atoms with E-state index in [0.29, 0.717) is 12.0 Å². The van der Waals surface area contributed by atoms with Gasteiger partial charge in [0.15, 0.2) is 0 Å². The van der Waals surface area contributed by atoms with Crippen molar-refractivity contribution in [2.75, 3.05) is 13.1 Å². The number of hydrogen-bond acceptors (Lipinski definition) is 3. The number of aromatic nitrogens is 2. The summed E-state index contributed by atoms with van der Waals surface area (Å²) in [6, 6.07) is 4.62. The van der Waals surface area contributed by atoms with Crippen LogP contribution in [0, 0.1) is 18.8 Å². The average Bonchev–Trinajstić information content (AvgIpc) is 3.04. The Bertz CT molecular complexity index is 647. The maximum atomic E-state index is 6.31. The monoisotopic (exact) mass is 284 g/mol. The predicted octanol–water partition coefficient (Wildman–Crippen LogP) is 2.20. The molecule has 3 unspecified atom stereocenters. The number of hydrogen-bond donors (Lipinski definition) is 1. The van der Waals surface area contributed by atoms with Crippen molar-refractivity contribution in [2.24, 2.45) is 17.6 Å². The fraction of sp³-hybridized carbons (Fsp3) is 0.588. The van der Waals surface area contributed by atoms with Crippen LogP contribution in [0.15, 0.2) is 24.5 Å². The molecular formula is C17H24N4. The Labute approximate surface area is 126 Å². The minimum absolute atomic E-state index is 0.414. The molecule has 4 rings (SSSR count). The second-order valence-corrected chi connectivity index (χ2v) is 6.87. The van der Waals surface area contributed by atoms with Crippen molar-refractivity contribution < 1.29 is 0 Å². The van der Waals surface area contributed by atoms with Crippen LogP contribution in [-0.2, 0) is 6.54 Å². The number of nitrogens with zero attached hydrogens (tertiary/aromatic N) is 3. The first-order chi connectivity index (χ1) is 10.2. The van der Waals surface area contributed by atoms with Gasteiger partial charge in [-0.2, -0.15) is 0 Å². The van der Waals surface area contributed by atoms with E-state index < -0.39 is 0 Å². The highest BCUT2D eigenvalue weighted by atomic mass is 15.2. The number of imidazole rings is 1. The first-order valence-corrected chi connectivity index (χ1v) is 8.12. The van der Waals surface area contributed by atoms with E-state index in [1.165, 1.54) is 37.1 Å². The van der Waals surface area contributed by atoms with Gasteiger partial charge in [0.25, 0.3) is 0 Å². The fourth-order valence-electron chi connectivity index (χ4n) is 4.25. The van der Waals surface area contributed by atoms with Crippen LogP contribution in [0.3, 0.4) is 0 Å². The van der Waals surface area contributed by atoms with Crippen molar-refractivity contribution in [1.82, 2.24) is 14.3 Å². The number of fused-ring (bicyclic) bond motifs is 2. The highest BCUT2D eigenvalue weighted by molar-refractivity contribution is 5.47. The second-order valence-electron chi connectivity index (χ2n) is 6.87. The van der Waals surface area contributed by atoms with E-state index >= 15 is 0 Å². The zero-order chi connectivity index (χ0) is 14.4. The average molecular weight is 284 g/mol. The standard InChI is InChI=1S/C17H24N4/c1-12-4-3-7-21-10-14(19-17(12)21)9-20-8-13-5-2-6-16(18)15(13)11-20/h3-4,7,10,13,15-16H,2,5-6,8-9,11,18H2,1H3. The number of likely N-dealkylation sites (tertiary alicyclic amines) is 1. The topological polar surface area (TPSA) is 46.6 Å². The smallest absolute Gasteiger partial charge is 0.139 e. The minimum Gasteiger partial charge on any atom is -0.327 e. The molecule has 2 fully saturated rings. The highest BCUT2D eigenvalue weighted by Crippen LogP contribution is 2.35. The van der Waals surface area contributed by atoms with Gasteiger partial charge in [0.05, 0.1) is 5.69 Å². The summed E-state index contributed by atoms with van der Waals surface area (Å²) in [5.41, 5.74) is 9.81. The van der Waals surface area contributed by atoms with E-state index in [1.54, 1.807) is 0 Å². The normalized spacial score (nSPS) is 29.9. The van der Waals surface area contributed by atoms with Gasteiger partial charge in [0.2, 0.25) is 0 Å². The molecule has 3 heterocycles. The summed E-state index contributed by atoms with van der Waals surface area (Å²) in [4.78, 5) is 7.36. The molecule has 4 nitrogen and oxygen atoms in total. The van der Waals surface area contributed by atoms with Crippen molar-refractivity contribution in [3.8, 4) is 0 Å². The predicted molar refractivity (Wildman–Crippen MR) is 84.0 cm³/mol. The lowest BCUT2D eigenvalue weighted by molar-refractivity contribution is 0.259. The molecule has 0 spiro atoms. The van der Waals surface area contributed by atoms with E-state index in [2.05, 4.69) is 40.8 Å². The Balaban J connectivity index is 1.52. The van der Waals surface area contributed by atoms with Gasteiger partial charge in [-0.25, -0.2) is 4.98 Å². The number of aryl methyl sites for hydroxylation is 1. The first-order valence-electron chi connectivity index (χ1n) is 8.12. The molecule has 4 heteroatoms. The largest absolute Gasteiger partial charge is 0.327 e. The van der Waals surface area contributed by atoms with Crippen molar-refractivity contribution in [3.63, 3.8) is 0 Å². The molecule has 1 saturated heterocycles. The zero-order valence-corrected chi connectivity index (χ0v) is 12.7. The summed E-state index contributed by atoms with van der Waals surface area (Å²) in [5, 5.41) is 0. The minimum atomic E-state index is 0.414. The van der Waals surface area contributed by atoms with Crippen LogP contribution in [0.5, 0.6) is 0 Å². The summed E-state index contributed by atoms with van der Waals surface area (Å²) in [6.45, 7) is 5.43. The van der Waals surface area contributed by atoms with Gasteiger partial charge in [0, 0.05) is 38.1 Å². The van der Waals surface area contributed by atoms with Crippen LogP contribution >= 0.6 is 0 Å². The Morgan fingerprint density at radius 1 is 1.33 bits per heavy atom. The molecule has 1 saturated carbocycles. The lowest BCUT2D eigenvalue weighted by Gasteiger charge is -2.29. The van der Waals surface area contributed by atoms with Crippen LogP contribution in [0.25, 0.3) is 5.65 Å². The molecule has 2 aromatic heterocycles. The van der Waals surface area contributed by atoms with Crippen molar-refractivity contribution in [3.05, 3.63) is 35.8 Å². The maximum Gasteiger partial charge on any atom is 0.139 e. The molecular weight excluding hydrogens is 260 g/mol. The molecule has 0 radical (unpaired) electrons. The van der Waals surface area contributed by atoms with E-state index in [4.69, 9.17) is 10.7 Å². The Morgan fingerprint density at radius 3 is 3.05 bits per heavy atom. The molecule has 0 amide bonds. The molecule has 1 aliphatic carbocycles. The molecule has 1 aliphatic heterocycles. The van der Waals surface area contributed by atoms with E-state index in [-0.39, 0.29) is 0 Å².